The third-order valence-electron chi connectivity index (χ3n) is 18.3. The van der Waals surface area contributed by atoms with Crippen molar-refractivity contribution in [3.63, 3.8) is 0 Å². The van der Waals surface area contributed by atoms with E-state index in [1.165, 1.54) is 132 Å². The van der Waals surface area contributed by atoms with Crippen LogP contribution in [0.3, 0.4) is 0 Å². The molecule has 0 aliphatic heterocycles. The summed E-state index contributed by atoms with van der Waals surface area (Å²) >= 11 is 0. The van der Waals surface area contributed by atoms with Gasteiger partial charge in [0.05, 0.1) is 27.5 Å². The molecular weight excluding hydrogens is 1000 g/mol. The van der Waals surface area contributed by atoms with Crippen LogP contribution in [-0.2, 0) is 5.41 Å². The van der Waals surface area contributed by atoms with Crippen LogP contribution in [0.5, 0.6) is 0 Å². The van der Waals surface area contributed by atoms with Crippen molar-refractivity contribution in [2.75, 3.05) is 0 Å². The van der Waals surface area contributed by atoms with Gasteiger partial charge in [-0.05, 0) is 183 Å². The number of hydrogen-bond acceptors (Lipinski definition) is 2. The highest BCUT2D eigenvalue weighted by Crippen LogP contribution is 2.64. The van der Waals surface area contributed by atoms with Crippen molar-refractivity contribution in [3.8, 4) is 78.4 Å². The van der Waals surface area contributed by atoms with Gasteiger partial charge in [0, 0.05) is 33.9 Å². The summed E-state index contributed by atoms with van der Waals surface area (Å²) in [6, 6.07) is 104. The van der Waals surface area contributed by atoms with Crippen molar-refractivity contribution in [2.45, 2.75) is 5.41 Å². The van der Waals surface area contributed by atoms with Crippen LogP contribution in [-0.4, -0.2) is 19.1 Å². The summed E-state index contributed by atoms with van der Waals surface area (Å²) < 4.78 is 4.56. The molecule has 0 amide bonds. The summed E-state index contributed by atoms with van der Waals surface area (Å²) in [6.07, 6.45) is 3.74. The van der Waals surface area contributed by atoms with E-state index in [0.29, 0.717) is 0 Å². The summed E-state index contributed by atoms with van der Waals surface area (Å²) in [4.78, 5) is 9.56. The summed E-state index contributed by atoms with van der Waals surface area (Å²) in [5.41, 5.74) is 24.1. The maximum absolute atomic E-state index is 4.78. The van der Waals surface area contributed by atoms with Crippen LogP contribution in [0.15, 0.2) is 291 Å². The van der Waals surface area contributed by atoms with Crippen LogP contribution >= 0.6 is 0 Å². The van der Waals surface area contributed by atoms with Gasteiger partial charge < -0.3 is 0 Å². The molecule has 0 saturated heterocycles. The second kappa shape index (κ2) is 17.5. The molecule has 18 rings (SSSR count). The fourth-order valence-electron chi connectivity index (χ4n) is 14.8. The second-order valence-electron chi connectivity index (χ2n) is 22.3. The van der Waals surface area contributed by atoms with Crippen molar-refractivity contribution in [1.29, 1.82) is 0 Å². The molecule has 2 aliphatic carbocycles. The molecule has 0 fully saturated rings. The first kappa shape index (κ1) is 45.9. The Morgan fingerprint density at radius 3 is 0.940 bits per heavy atom. The molecule has 0 N–H and O–H groups in total. The molecule has 4 heterocycles. The van der Waals surface area contributed by atoms with Gasteiger partial charge in [0.2, 0.25) is 0 Å². The lowest BCUT2D eigenvalue weighted by Crippen LogP contribution is -2.26. The summed E-state index contributed by atoms with van der Waals surface area (Å²) in [5.74, 6) is 1.83. The molecule has 2 aliphatic rings. The summed E-state index contributed by atoms with van der Waals surface area (Å²) in [5, 5.41) is 9.76. The standard InChI is InChI=1S/C79H48N4/c1-3-19-59-55(39-37-53(57(59)17-1)49-33-41-75-67(45-49)65-23-7-11-27-73(65)82(75)77-29-13-15-43-80-77)51-31-35-63-64-36-32-52(48-72(64)79(71(63)47-51)69-25-9-5-21-61(69)62-22-6-10-26-70(62)79)56-40-38-54(58-18-2-4-20-60(56)58)50-34-42-76-68(46-50)66-24-8-12-28-74(66)83(76)78-30-14-16-44-81-78/h1-48H. The predicted octanol–water partition coefficient (Wildman–Crippen LogP) is 20.0. The highest BCUT2D eigenvalue weighted by molar-refractivity contribution is 6.14. The third kappa shape index (κ3) is 6.46. The first-order valence-corrected chi connectivity index (χ1v) is 28.6. The minimum atomic E-state index is -0.552. The lowest BCUT2D eigenvalue weighted by molar-refractivity contribution is 0.794. The molecule has 83 heavy (non-hydrogen) atoms. The number of benzene rings is 12. The zero-order chi connectivity index (χ0) is 54.3. The minimum Gasteiger partial charge on any atom is -0.294 e. The fraction of sp³-hybridized carbons (Fsp3) is 0.0127. The number of nitrogens with zero attached hydrogens (tertiary/aromatic N) is 4. The minimum absolute atomic E-state index is 0.552. The molecule has 0 bridgehead atoms. The van der Waals surface area contributed by atoms with Crippen molar-refractivity contribution in [1.82, 2.24) is 19.1 Å². The van der Waals surface area contributed by atoms with Crippen LogP contribution in [0.25, 0.3) is 144 Å². The average molecular weight is 1050 g/mol. The Bertz CT molecular complexity index is 5060. The normalized spacial score (nSPS) is 12.9. The molecule has 16 aromatic rings. The van der Waals surface area contributed by atoms with Gasteiger partial charge in [-0.25, -0.2) is 9.97 Å². The zero-order valence-electron chi connectivity index (χ0n) is 45.0. The van der Waals surface area contributed by atoms with Crippen LogP contribution < -0.4 is 0 Å². The maximum Gasteiger partial charge on any atom is 0.137 e. The first-order chi connectivity index (χ1) is 41.2. The molecule has 0 atom stereocenters. The van der Waals surface area contributed by atoms with Crippen LogP contribution in [0.1, 0.15) is 22.3 Å². The smallest absolute Gasteiger partial charge is 0.137 e. The Morgan fingerprint density at radius 2 is 0.530 bits per heavy atom. The molecule has 0 radical (unpaired) electrons. The zero-order valence-corrected chi connectivity index (χ0v) is 45.0. The Balaban J connectivity index is 0.786. The molecule has 4 aromatic heterocycles. The van der Waals surface area contributed by atoms with E-state index in [0.717, 1.165) is 33.7 Å². The Labute approximate surface area is 479 Å². The van der Waals surface area contributed by atoms with Crippen LogP contribution in [0.2, 0.25) is 0 Å². The van der Waals surface area contributed by atoms with Crippen LogP contribution in [0.4, 0.5) is 0 Å². The summed E-state index contributed by atoms with van der Waals surface area (Å²) in [7, 11) is 0. The summed E-state index contributed by atoms with van der Waals surface area (Å²) in [6.45, 7) is 0. The van der Waals surface area contributed by atoms with E-state index in [1.807, 2.05) is 24.5 Å². The topological polar surface area (TPSA) is 35.6 Å². The van der Waals surface area contributed by atoms with Crippen LogP contribution in [0, 0.1) is 0 Å². The van der Waals surface area contributed by atoms with Crippen molar-refractivity contribution in [3.05, 3.63) is 314 Å². The highest BCUT2D eigenvalue weighted by Gasteiger charge is 2.52. The van der Waals surface area contributed by atoms with Gasteiger partial charge in [0.15, 0.2) is 0 Å². The molecule has 0 unspecified atom stereocenters. The lowest BCUT2D eigenvalue weighted by atomic mass is 9.70. The number of pyridine rings is 2. The van der Waals surface area contributed by atoms with Gasteiger partial charge in [0.25, 0.3) is 0 Å². The van der Waals surface area contributed by atoms with E-state index in [9.17, 15) is 0 Å². The first-order valence-electron chi connectivity index (χ1n) is 28.6. The van der Waals surface area contributed by atoms with Crippen molar-refractivity contribution >= 4 is 65.2 Å². The number of fused-ring (bicyclic) bond motifs is 18. The Morgan fingerprint density at radius 1 is 0.217 bits per heavy atom. The van der Waals surface area contributed by atoms with E-state index >= 15 is 0 Å². The second-order valence-corrected chi connectivity index (χ2v) is 22.3. The number of rotatable bonds is 6. The molecule has 4 nitrogen and oxygen atoms in total. The SMILES string of the molecule is c1ccc(-n2c3ccccc3c3cc(-c4ccc(-c5ccc6c(c5)C5(c7ccccc7-c7ccccc75)c5cc(-c7ccc(-c8ccc9c(c8)c8ccccc8n9-c8ccccn8)c8ccccc78)ccc5-6)c5ccccc45)ccc32)nc1. The largest absolute Gasteiger partial charge is 0.294 e. The van der Waals surface area contributed by atoms with Gasteiger partial charge in [-0.3, -0.25) is 9.13 Å². The van der Waals surface area contributed by atoms with Crippen molar-refractivity contribution in [2.24, 2.45) is 0 Å². The van der Waals surface area contributed by atoms with E-state index in [2.05, 4.69) is 276 Å². The third-order valence-corrected chi connectivity index (χ3v) is 18.3. The van der Waals surface area contributed by atoms with E-state index in [1.54, 1.807) is 0 Å². The Kier molecular flexibility index (Phi) is 9.69. The number of hydrogen-bond donors (Lipinski definition) is 0. The van der Waals surface area contributed by atoms with Gasteiger partial charge >= 0.3 is 0 Å². The molecule has 4 heteroatoms. The maximum atomic E-state index is 4.78. The van der Waals surface area contributed by atoms with Gasteiger partial charge in [0.1, 0.15) is 11.6 Å². The molecule has 384 valence electrons. The lowest BCUT2D eigenvalue weighted by Gasteiger charge is -2.31. The van der Waals surface area contributed by atoms with Gasteiger partial charge in [-0.2, -0.15) is 0 Å². The molecule has 12 aromatic carbocycles. The van der Waals surface area contributed by atoms with E-state index < -0.39 is 5.41 Å². The van der Waals surface area contributed by atoms with Gasteiger partial charge in [-0.15, -0.1) is 0 Å². The molecule has 0 saturated carbocycles. The quantitative estimate of drug-likeness (QED) is 0.166. The molecular formula is C79H48N4. The average Bonchev–Trinajstić information content (AvgIpc) is 1.77. The number of para-hydroxylation sites is 2. The highest BCUT2D eigenvalue weighted by atomic mass is 15.1. The van der Waals surface area contributed by atoms with Gasteiger partial charge in [-0.1, -0.05) is 206 Å². The Hall–Kier alpha value is -10.9. The van der Waals surface area contributed by atoms with E-state index in [-0.39, 0.29) is 0 Å². The number of aromatic nitrogens is 4. The fourth-order valence-corrected chi connectivity index (χ4v) is 14.8. The molecule has 1 spiro atoms. The van der Waals surface area contributed by atoms with Crippen molar-refractivity contribution < 1.29 is 0 Å². The predicted molar refractivity (Wildman–Crippen MR) is 344 cm³/mol. The monoisotopic (exact) mass is 1050 g/mol. The van der Waals surface area contributed by atoms with E-state index in [4.69, 9.17) is 9.97 Å².